The minimum atomic E-state index is -3.73. The number of para-hydroxylation sites is 1. The topological polar surface area (TPSA) is 80.7 Å². The molecule has 0 aliphatic carbocycles. The van der Waals surface area contributed by atoms with Crippen LogP contribution >= 0.6 is 15.9 Å². The van der Waals surface area contributed by atoms with Crippen LogP contribution in [-0.4, -0.2) is 36.0 Å². The molecule has 0 amide bonds. The largest absolute Gasteiger partial charge is 0.426 e. The molecule has 0 saturated heterocycles. The van der Waals surface area contributed by atoms with E-state index in [0.29, 0.717) is 0 Å². The standard InChI is InChI=1S/C10H11BrO5S/c1-17(14,15)10(13)8(11)9(12)16-7-5-3-2-4-6-7/h2-6,8,10,13H,1H3/t8-,10-/m0/s1. The molecule has 0 bridgehead atoms. The van der Waals surface area contributed by atoms with Gasteiger partial charge < -0.3 is 9.84 Å². The molecule has 0 spiro atoms. The van der Waals surface area contributed by atoms with E-state index in [1.54, 1.807) is 30.3 Å². The molecule has 0 unspecified atom stereocenters. The molecule has 0 fully saturated rings. The minimum absolute atomic E-state index is 0.280. The molecule has 7 heteroatoms. The first-order valence-electron chi connectivity index (χ1n) is 4.60. The number of hydrogen-bond acceptors (Lipinski definition) is 5. The van der Waals surface area contributed by atoms with E-state index in [2.05, 4.69) is 15.9 Å². The lowest BCUT2D eigenvalue weighted by molar-refractivity contribution is -0.134. The van der Waals surface area contributed by atoms with Gasteiger partial charge in [0.1, 0.15) is 5.75 Å². The van der Waals surface area contributed by atoms with Gasteiger partial charge in [0.25, 0.3) is 0 Å². The second kappa shape index (κ2) is 5.61. The van der Waals surface area contributed by atoms with Gasteiger partial charge in [0.05, 0.1) is 0 Å². The highest BCUT2D eigenvalue weighted by molar-refractivity contribution is 9.10. The first-order valence-corrected chi connectivity index (χ1v) is 7.47. The maximum Gasteiger partial charge on any atom is 0.328 e. The number of ether oxygens (including phenoxy) is 1. The molecule has 0 aliphatic rings. The third-order valence-electron chi connectivity index (χ3n) is 1.88. The fraction of sp³-hybridized carbons (Fsp3) is 0.300. The highest BCUT2D eigenvalue weighted by atomic mass is 79.9. The molecule has 5 nitrogen and oxygen atoms in total. The number of halogens is 1. The van der Waals surface area contributed by atoms with Crippen LogP contribution in [0.15, 0.2) is 30.3 Å². The summed E-state index contributed by atoms with van der Waals surface area (Å²) >= 11 is 2.80. The highest BCUT2D eigenvalue weighted by Crippen LogP contribution is 2.16. The minimum Gasteiger partial charge on any atom is -0.426 e. The number of alkyl halides is 1. The Balaban J connectivity index is 2.72. The zero-order valence-corrected chi connectivity index (χ0v) is 11.3. The van der Waals surface area contributed by atoms with E-state index in [4.69, 9.17) is 4.74 Å². The van der Waals surface area contributed by atoms with Crippen molar-refractivity contribution < 1.29 is 23.1 Å². The van der Waals surface area contributed by atoms with Crippen molar-refractivity contribution in [3.63, 3.8) is 0 Å². The van der Waals surface area contributed by atoms with Gasteiger partial charge >= 0.3 is 5.97 Å². The number of hydrogen-bond donors (Lipinski definition) is 1. The van der Waals surface area contributed by atoms with E-state index in [-0.39, 0.29) is 5.75 Å². The Bertz CT molecular complexity index is 485. The van der Waals surface area contributed by atoms with Crippen molar-refractivity contribution in [3.05, 3.63) is 30.3 Å². The third kappa shape index (κ3) is 4.10. The number of carbonyl (C=O) groups is 1. The summed E-state index contributed by atoms with van der Waals surface area (Å²) in [4.78, 5) is 10.2. The van der Waals surface area contributed by atoms with Crippen LogP contribution in [0.25, 0.3) is 0 Å². The van der Waals surface area contributed by atoms with Gasteiger partial charge in [-0.1, -0.05) is 34.1 Å². The van der Waals surface area contributed by atoms with Crippen molar-refractivity contribution in [2.24, 2.45) is 0 Å². The quantitative estimate of drug-likeness (QED) is 0.502. The summed E-state index contributed by atoms with van der Waals surface area (Å²) in [5.41, 5.74) is -1.83. The fourth-order valence-electron chi connectivity index (χ4n) is 0.994. The maximum absolute atomic E-state index is 11.5. The second-order valence-electron chi connectivity index (χ2n) is 3.36. The van der Waals surface area contributed by atoms with Gasteiger partial charge in [-0.15, -0.1) is 0 Å². The third-order valence-corrected chi connectivity index (χ3v) is 4.25. The van der Waals surface area contributed by atoms with Crippen LogP contribution in [0.2, 0.25) is 0 Å². The Labute approximate surface area is 107 Å². The predicted octanol–water partition coefficient (Wildman–Crippen LogP) is 0.719. The second-order valence-corrected chi connectivity index (χ2v) is 6.48. The molecule has 17 heavy (non-hydrogen) atoms. The lowest BCUT2D eigenvalue weighted by Crippen LogP contribution is -2.37. The van der Waals surface area contributed by atoms with Gasteiger partial charge in [0.2, 0.25) is 0 Å². The van der Waals surface area contributed by atoms with Gasteiger partial charge in [-0.05, 0) is 12.1 Å². The number of esters is 1. The van der Waals surface area contributed by atoms with E-state index in [0.717, 1.165) is 6.26 Å². The van der Waals surface area contributed by atoms with E-state index in [1.165, 1.54) is 0 Å². The Morgan fingerprint density at radius 2 is 1.88 bits per heavy atom. The smallest absolute Gasteiger partial charge is 0.328 e. The summed E-state index contributed by atoms with van der Waals surface area (Å²) < 4.78 is 27.0. The van der Waals surface area contributed by atoms with Crippen LogP contribution in [0.5, 0.6) is 5.75 Å². The normalized spacial score (nSPS) is 15.0. The molecular formula is C10H11BrO5S. The van der Waals surface area contributed by atoms with Crippen molar-refractivity contribution in [2.75, 3.05) is 6.26 Å². The Morgan fingerprint density at radius 1 is 1.35 bits per heavy atom. The highest BCUT2D eigenvalue weighted by Gasteiger charge is 2.33. The summed E-state index contributed by atoms with van der Waals surface area (Å²) in [5, 5.41) is 9.37. The molecular weight excluding hydrogens is 312 g/mol. The van der Waals surface area contributed by atoms with Crippen molar-refractivity contribution in [1.82, 2.24) is 0 Å². The molecule has 0 heterocycles. The maximum atomic E-state index is 11.5. The number of aliphatic hydroxyl groups excluding tert-OH is 1. The number of sulfone groups is 1. The average Bonchev–Trinajstić information content (AvgIpc) is 2.27. The van der Waals surface area contributed by atoms with E-state index in [9.17, 15) is 18.3 Å². The van der Waals surface area contributed by atoms with Crippen molar-refractivity contribution in [3.8, 4) is 5.75 Å². The molecule has 1 rings (SSSR count). The monoisotopic (exact) mass is 322 g/mol. The van der Waals surface area contributed by atoms with Gasteiger partial charge in [0, 0.05) is 6.26 Å². The van der Waals surface area contributed by atoms with E-state index < -0.39 is 26.1 Å². The number of benzene rings is 1. The Hall–Kier alpha value is -0.920. The first-order chi connectivity index (χ1) is 7.82. The SMILES string of the molecule is CS(=O)(=O)[C@H](O)[C@@H](Br)C(=O)Oc1ccccc1. The molecule has 0 aromatic heterocycles. The van der Waals surface area contributed by atoms with Crippen molar-refractivity contribution >= 4 is 31.7 Å². The Kier molecular flexibility index (Phi) is 4.67. The molecule has 0 radical (unpaired) electrons. The van der Waals surface area contributed by atoms with Crippen LogP contribution in [-0.2, 0) is 14.6 Å². The summed E-state index contributed by atoms with van der Waals surface area (Å²) in [7, 11) is -3.73. The number of rotatable bonds is 4. The first kappa shape index (κ1) is 14.1. The molecule has 2 atom stereocenters. The summed E-state index contributed by atoms with van der Waals surface area (Å²) in [6.07, 6.45) is 0.835. The molecule has 0 aliphatic heterocycles. The van der Waals surface area contributed by atoms with Crippen LogP contribution in [0.1, 0.15) is 0 Å². The van der Waals surface area contributed by atoms with Gasteiger partial charge in [-0.2, -0.15) is 0 Å². The molecule has 1 aromatic rings. The zero-order chi connectivity index (χ0) is 13.1. The zero-order valence-electron chi connectivity index (χ0n) is 8.91. The lowest BCUT2D eigenvalue weighted by atomic mass is 10.3. The van der Waals surface area contributed by atoms with Crippen molar-refractivity contribution in [1.29, 1.82) is 0 Å². The van der Waals surface area contributed by atoms with Crippen LogP contribution < -0.4 is 4.74 Å². The molecule has 1 N–H and O–H groups in total. The van der Waals surface area contributed by atoms with Gasteiger partial charge in [0.15, 0.2) is 20.1 Å². The summed E-state index contributed by atoms with van der Waals surface area (Å²) in [6.45, 7) is 0. The predicted molar refractivity (Wildman–Crippen MR) is 65.6 cm³/mol. The molecule has 1 aromatic carbocycles. The number of aliphatic hydroxyl groups is 1. The van der Waals surface area contributed by atoms with Crippen LogP contribution in [0.4, 0.5) is 0 Å². The summed E-state index contributed by atoms with van der Waals surface area (Å²) in [6, 6.07) is 8.17. The molecule has 94 valence electrons. The van der Waals surface area contributed by atoms with Gasteiger partial charge in [-0.25, -0.2) is 8.42 Å². The number of carbonyl (C=O) groups excluding carboxylic acids is 1. The van der Waals surface area contributed by atoms with E-state index in [1.807, 2.05) is 0 Å². The Morgan fingerprint density at radius 3 is 2.35 bits per heavy atom. The van der Waals surface area contributed by atoms with Crippen molar-refractivity contribution in [2.45, 2.75) is 10.3 Å². The fourth-order valence-corrected chi connectivity index (χ4v) is 2.81. The van der Waals surface area contributed by atoms with E-state index >= 15 is 0 Å². The average molecular weight is 323 g/mol. The van der Waals surface area contributed by atoms with Crippen LogP contribution in [0, 0.1) is 0 Å². The summed E-state index contributed by atoms with van der Waals surface area (Å²) in [5.74, 6) is -0.586. The lowest BCUT2D eigenvalue weighted by Gasteiger charge is -2.14. The molecule has 0 saturated carbocycles. The van der Waals surface area contributed by atoms with Gasteiger partial charge in [-0.3, -0.25) is 4.79 Å². The van der Waals surface area contributed by atoms with Crippen LogP contribution in [0.3, 0.4) is 0 Å².